The second kappa shape index (κ2) is 7.88. The number of anilines is 1. The second-order valence-electron chi connectivity index (χ2n) is 6.55. The number of sulfonamides is 1. The van der Waals surface area contributed by atoms with Crippen LogP contribution in [0.3, 0.4) is 0 Å². The van der Waals surface area contributed by atoms with Gasteiger partial charge in [0.2, 0.25) is 0 Å². The maximum Gasteiger partial charge on any atom is 0.273 e. The molecule has 9 heteroatoms. The van der Waals surface area contributed by atoms with Crippen molar-refractivity contribution in [2.75, 3.05) is 11.9 Å². The van der Waals surface area contributed by atoms with E-state index in [1.807, 2.05) is 30.3 Å². The van der Waals surface area contributed by atoms with Crippen LogP contribution in [0, 0.1) is 0 Å². The summed E-state index contributed by atoms with van der Waals surface area (Å²) in [7, 11) is -3.75. The van der Waals surface area contributed by atoms with Gasteiger partial charge in [-0.25, -0.2) is 8.42 Å². The van der Waals surface area contributed by atoms with Crippen molar-refractivity contribution in [3.05, 3.63) is 66.4 Å². The summed E-state index contributed by atoms with van der Waals surface area (Å²) in [5.74, 6) is 0.0488. The number of aromatic amines is 1. The summed E-state index contributed by atoms with van der Waals surface area (Å²) in [5, 5.41) is 9.56. The minimum Gasteiger partial charge on any atom is -0.321 e. The Morgan fingerprint density at radius 1 is 1.03 bits per heavy atom. The lowest BCUT2D eigenvalue weighted by Crippen LogP contribution is -2.29. The Labute approximate surface area is 168 Å². The Morgan fingerprint density at radius 3 is 2.62 bits per heavy atom. The number of H-pyrrole nitrogens is 1. The molecule has 2 aromatic carbocycles. The first kappa shape index (κ1) is 18.9. The van der Waals surface area contributed by atoms with Gasteiger partial charge in [0.05, 0.1) is 10.6 Å². The van der Waals surface area contributed by atoms with Gasteiger partial charge in [-0.1, -0.05) is 36.4 Å². The van der Waals surface area contributed by atoms with Crippen LogP contribution in [0.5, 0.6) is 0 Å². The van der Waals surface area contributed by atoms with Crippen molar-refractivity contribution in [1.82, 2.24) is 14.9 Å². The molecule has 1 aliphatic rings. The van der Waals surface area contributed by atoms with Gasteiger partial charge in [-0.3, -0.25) is 19.6 Å². The average molecular weight is 409 g/mol. The Hall–Kier alpha value is -3.46. The van der Waals surface area contributed by atoms with Crippen LogP contribution in [-0.4, -0.2) is 36.9 Å². The predicted octanol–water partition coefficient (Wildman–Crippen LogP) is 2.80. The number of aromatic nitrogens is 2. The summed E-state index contributed by atoms with van der Waals surface area (Å²) in [6, 6.07) is 17.2. The Bertz CT molecular complexity index is 1170. The molecule has 1 aromatic heterocycles. The van der Waals surface area contributed by atoms with Crippen molar-refractivity contribution in [3.63, 3.8) is 0 Å². The van der Waals surface area contributed by atoms with Gasteiger partial charge in [0.15, 0.2) is 0 Å². The highest BCUT2D eigenvalue weighted by atomic mass is 32.2. The molecule has 2 heterocycles. The van der Waals surface area contributed by atoms with Gasteiger partial charge in [-0.2, -0.15) is 5.10 Å². The van der Waals surface area contributed by atoms with Crippen molar-refractivity contribution < 1.29 is 13.2 Å². The van der Waals surface area contributed by atoms with Crippen LogP contribution in [0.4, 0.5) is 5.69 Å². The molecule has 1 aliphatic heterocycles. The highest BCUT2D eigenvalue weighted by Crippen LogP contribution is 2.19. The van der Waals surface area contributed by atoms with Crippen molar-refractivity contribution in [2.24, 2.45) is 4.99 Å². The Balaban J connectivity index is 1.49. The lowest BCUT2D eigenvalue weighted by atomic mass is 10.1. The van der Waals surface area contributed by atoms with Gasteiger partial charge in [0, 0.05) is 24.2 Å². The standard InChI is InChI=1S/C20H19N5O3S/c26-20(18-13-17(23-24-18)14-6-2-1-3-7-14)22-15-8-4-9-16(12-15)29(27,28)25-19-10-5-11-21-19/h1-4,6-9,12-13H,5,10-11H2,(H,21,25)(H,22,26)(H,23,24). The molecular formula is C20H19N5O3S. The van der Waals surface area contributed by atoms with Gasteiger partial charge in [0.25, 0.3) is 15.9 Å². The number of amides is 1. The number of amidine groups is 1. The summed E-state index contributed by atoms with van der Waals surface area (Å²) in [6.45, 7) is 0.628. The van der Waals surface area contributed by atoms with Gasteiger partial charge in [-0.05, 0) is 30.7 Å². The number of hydrogen-bond acceptors (Lipinski definition) is 5. The van der Waals surface area contributed by atoms with Gasteiger partial charge < -0.3 is 5.32 Å². The molecule has 8 nitrogen and oxygen atoms in total. The first-order valence-corrected chi connectivity index (χ1v) is 10.6. The van der Waals surface area contributed by atoms with E-state index < -0.39 is 15.9 Å². The molecule has 1 amide bonds. The molecule has 0 radical (unpaired) electrons. The fourth-order valence-corrected chi connectivity index (χ4v) is 4.11. The summed E-state index contributed by atoms with van der Waals surface area (Å²) in [5.41, 5.74) is 2.17. The molecule has 0 spiro atoms. The molecule has 29 heavy (non-hydrogen) atoms. The first-order valence-electron chi connectivity index (χ1n) is 9.10. The third kappa shape index (κ3) is 4.35. The predicted molar refractivity (Wildman–Crippen MR) is 110 cm³/mol. The molecule has 0 aliphatic carbocycles. The third-order valence-corrected chi connectivity index (χ3v) is 5.80. The molecule has 0 fully saturated rings. The molecule has 4 rings (SSSR count). The lowest BCUT2D eigenvalue weighted by Gasteiger charge is -2.09. The van der Waals surface area contributed by atoms with Gasteiger partial charge in [-0.15, -0.1) is 0 Å². The van der Waals surface area contributed by atoms with Crippen LogP contribution in [0.15, 0.2) is 70.6 Å². The molecule has 3 aromatic rings. The zero-order valence-electron chi connectivity index (χ0n) is 15.4. The van der Waals surface area contributed by atoms with Crippen LogP contribution >= 0.6 is 0 Å². The first-order chi connectivity index (χ1) is 14.0. The van der Waals surface area contributed by atoms with E-state index in [1.165, 1.54) is 12.1 Å². The SMILES string of the molecule is O=C(Nc1cccc(S(=O)(=O)NC2=NCCC2)c1)c1cc(-c2ccccc2)n[nH]1. The van der Waals surface area contributed by atoms with Crippen LogP contribution in [0.25, 0.3) is 11.3 Å². The maximum atomic E-state index is 12.5. The van der Waals surface area contributed by atoms with Crippen LogP contribution in [0.1, 0.15) is 23.3 Å². The molecule has 0 saturated carbocycles. The average Bonchev–Trinajstić information content (AvgIpc) is 3.41. The van der Waals surface area contributed by atoms with Crippen LogP contribution < -0.4 is 10.0 Å². The smallest absolute Gasteiger partial charge is 0.273 e. The maximum absolute atomic E-state index is 12.5. The monoisotopic (exact) mass is 409 g/mol. The van der Waals surface area contributed by atoms with E-state index in [-0.39, 0.29) is 10.6 Å². The molecular weight excluding hydrogens is 390 g/mol. The molecule has 0 unspecified atom stereocenters. The number of benzene rings is 2. The quantitative estimate of drug-likeness (QED) is 0.601. The zero-order valence-corrected chi connectivity index (χ0v) is 16.2. The summed E-state index contributed by atoms with van der Waals surface area (Å²) in [6.07, 6.45) is 1.45. The van der Waals surface area contributed by atoms with Gasteiger partial charge in [0.1, 0.15) is 11.5 Å². The lowest BCUT2D eigenvalue weighted by molar-refractivity contribution is 0.102. The molecule has 0 bridgehead atoms. The van der Waals surface area contributed by atoms with E-state index in [0.29, 0.717) is 30.2 Å². The summed E-state index contributed by atoms with van der Waals surface area (Å²) in [4.78, 5) is 16.7. The number of carbonyl (C=O) groups is 1. The van der Waals surface area contributed by atoms with Crippen molar-refractivity contribution in [2.45, 2.75) is 17.7 Å². The largest absolute Gasteiger partial charge is 0.321 e. The van der Waals surface area contributed by atoms with Crippen molar-refractivity contribution in [1.29, 1.82) is 0 Å². The van der Waals surface area contributed by atoms with E-state index in [9.17, 15) is 13.2 Å². The number of nitrogens with one attached hydrogen (secondary N) is 3. The zero-order chi connectivity index (χ0) is 20.3. The third-order valence-electron chi connectivity index (χ3n) is 4.42. The van der Waals surface area contributed by atoms with E-state index >= 15 is 0 Å². The topological polar surface area (TPSA) is 116 Å². The van der Waals surface area contributed by atoms with E-state index in [0.717, 1.165) is 12.0 Å². The fourth-order valence-electron chi connectivity index (χ4n) is 2.97. The second-order valence-corrected chi connectivity index (χ2v) is 8.23. The van der Waals surface area contributed by atoms with E-state index in [1.54, 1.807) is 18.2 Å². The highest BCUT2D eigenvalue weighted by molar-refractivity contribution is 7.90. The normalized spacial score (nSPS) is 13.7. The fraction of sp³-hybridized carbons (Fsp3) is 0.150. The Morgan fingerprint density at radius 2 is 1.86 bits per heavy atom. The minimum absolute atomic E-state index is 0.0551. The van der Waals surface area contributed by atoms with Crippen LogP contribution in [0.2, 0.25) is 0 Å². The molecule has 0 atom stereocenters. The van der Waals surface area contributed by atoms with Crippen molar-refractivity contribution in [3.8, 4) is 11.3 Å². The Kier molecular flexibility index (Phi) is 5.13. The van der Waals surface area contributed by atoms with E-state index in [4.69, 9.17) is 0 Å². The number of aliphatic imine (C=N–C) groups is 1. The molecule has 3 N–H and O–H groups in total. The highest BCUT2D eigenvalue weighted by Gasteiger charge is 2.19. The minimum atomic E-state index is -3.75. The number of rotatable bonds is 5. The van der Waals surface area contributed by atoms with Crippen LogP contribution in [-0.2, 0) is 10.0 Å². The van der Waals surface area contributed by atoms with E-state index in [2.05, 4.69) is 25.2 Å². The number of hydrogen-bond donors (Lipinski definition) is 3. The van der Waals surface area contributed by atoms with Crippen molar-refractivity contribution >= 4 is 27.5 Å². The summed E-state index contributed by atoms with van der Waals surface area (Å²) < 4.78 is 27.6. The number of carbonyl (C=O) groups excluding carboxylic acids is 1. The van der Waals surface area contributed by atoms with Gasteiger partial charge >= 0.3 is 0 Å². The molecule has 148 valence electrons. The summed E-state index contributed by atoms with van der Waals surface area (Å²) >= 11 is 0. The number of nitrogens with zero attached hydrogens (tertiary/aromatic N) is 2. The molecule has 0 saturated heterocycles.